The molecule has 2 aromatic rings. The van der Waals surface area contributed by atoms with Gasteiger partial charge in [-0.25, -0.2) is 5.01 Å². The average Bonchev–Trinajstić information content (AvgIpc) is 3.19. The summed E-state index contributed by atoms with van der Waals surface area (Å²) in [6.45, 7) is 3.92. The molecule has 0 aliphatic carbocycles. The lowest BCUT2D eigenvalue weighted by Crippen LogP contribution is -2.50. The molecule has 8 heteroatoms. The van der Waals surface area contributed by atoms with Crippen molar-refractivity contribution in [2.24, 2.45) is 10.1 Å². The van der Waals surface area contributed by atoms with Crippen molar-refractivity contribution in [1.29, 1.82) is 0 Å². The number of thioether (sulfide) groups is 1. The quantitative estimate of drug-likeness (QED) is 0.801. The van der Waals surface area contributed by atoms with E-state index in [1.54, 1.807) is 11.1 Å². The maximum absolute atomic E-state index is 12.9. The fraction of sp³-hybridized carbons (Fsp3) is 0.150. The first-order valence-electron chi connectivity index (χ1n) is 8.74. The van der Waals surface area contributed by atoms with E-state index < -0.39 is 6.17 Å². The number of amidine groups is 1. The minimum atomic E-state index is -0.482. The van der Waals surface area contributed by atoms with Gasteiger partial charge in [0.1, 0.15) is 5.70 Å². The highest BCUT2D eigenvalue weighted by atomic mass is 32.2. The number of carbonyl (C=O) groups is 1. The van der Waals surface area contributed by atoms with Crippen LogP contribution in [0.15, 0.2) is 65.2 Å². The summed E-state index contributed by atoms with van der Waals surface area (Å²) in [6.07, 6.45) is 1.29. The molecular formula is C20H16N4O3S. The van der Waals surface area contributed by atoms with E-state index in [0.29, 0.717) is 28.1 Å². The first-order chi connectivity index (χ1) is 13.7. The van der Waals surface area contributed by atoms with Crippen molar-refractivity contribution in [2.45, 2.75) is 6.17 Å². The Labute approximate surface area is 165 Å². The Balaban J connectivity index is 1.68. The van der Waals surface area contributed by atoms with Gasteiger partial charge in [0.25, 0.3) is 5.91 Å². The van der Waals surface area contributed by atoms with Crippen LogP contribution < -0.4 is 25.4 Å². The summed E-state index contributed by atoms with van der Waals surface area (Å²) in [5, 5.41) is 11.3. The van der Waals surface area contributed by atoms with Crippen LogP contribution >= 0.6 is 11.8 Å². The lowest BCUT2D eigenvalue weighted by Gasteiger charge is -2.34. The van der Waals surface area contributed by atoms with Gasteiger partial charge in [0, 0.05) is 16.5 Å². The molecule has 0 saturated heterocycles. The van der Waals surface area contributed by atoms with E-state index in [4.69, 9.17) is 14.5 Å². The number of amides is 1. The third-order valence-electron chi connectivity index (χ3n) is 4.55. The molecule has 7 nitrogen and oxygen atoms in total. The standard InChI is InChI=1S/C20H16N4O3S/c1-2-9-28-20-22-19(25)17-13-5-3-4-6-14(13)21-18(24(17)23-20)12-7-8-15-16(10-12)27-11-26-15/h2-8,10,18H,1,9,11H2,(H,22,23,25)/t18-/m1/s1. The van der Waals surface area contributed by atoms with Gasteiger partial charge in [-0.1, -0.05) is 42.1 Å². The molecule has 3 aliphatic rings. The molecule has 0 bridgehead atoms. The van der Waals surface area contributed by atoms with Gasteiger partial charge in [0.05, 0.1) is 5.36 Å². The van der Waals surface area contributed by atoms with Crippen LogP contribution in [-0.4, -0.2) is 28.6 Å². The van der Waals surface area contributed by atoms with Gasteiger partial charge in [-0.3, -0.25) is 15.1 Å². The molecule has 0 saturated carbocycles. The van der Waals surface area contributed by atoms with Gasteiger partial charge in [-0.2, -0.15) is 0 Å². The Bertz CT molecular complexity index is 1140. The minimum Gasteiger partial charge on any atom is -0.454 e. The molecule has 0 unspecified atom stereocenters. The number of para-hydroxylation sites is 1. The number of hydrazone groups is 1. The van der Waals surface area contributed by atoms with Gasteiger partial charge in [-0.05, 0) is 18.2 Å². The number of nitrogens with zero attached hydrogens (tertiary/aromatic N) is 3. The van der Waals surface area contributed by atoms with Crippen LogP contribution in [0, 0.1) is 0 Å². The smallest absolute Gasteiger partial charge is 0.276 e. The topological polar surface area (TPSA) is 75.5 Å². The van der Waals surface area contributed by atoms with Gasteiger partial charge >= 0.3 is 0 Å². The largest absolute Gasteiger partial charge is 0.454 e. The first-order valence-corrected chi connectivity index (χ1v) is 9.73. The van der Waals surface area contributed by atoms with E-state index in [2.05, 4.69) is 17.0 Å². The van der Waals surface area contributed by atoms with Crippen molar-refractivity contribution in [3.05, 3.63) is 71.3 Å². The molecule has 1 N–H and O–H groups in total. The van der Waals surface area contributed by atoms with E-state index in [-0.39, 0.29) is 12.7 Å². The number of carbonyl (C=O) groups excluding carboxylic acids is 1. The fourth-order valence-corrected chi connectivity index (χ4v) is 3.91. The molecule has 0 fully saturated rings. The normalized spacial score (nSPS) is 19.2. The second kappa shape index (κ2) is 6.72. The summed E-state index contributed by atoms with van der Waals surface area (Å²) in [5.41, 5.74) is 1.35. The van der Waals surface area contributed by atoms with Gasteiger partial charge in [-0.15, -0.1) is 11.7 Å². The van der Waals surface area contributed by atoms with Crippen molar-refractivity contribution in [1.82, 2.24) is 10.3 Å². The zero-order valence-corrected chi connectivity index (χ0v) is 15.6. The zero-order valence-electron chi connectivity index (χ0n) is 14.8. The Morgan fingerprint density at radius 1 is 1.25 bits per heavy atom. The van der Waals surface area contributed by atoms with Crippen molar-refractivity contribution in [2.75, 3.05) is 12.5 Å². The molecule has 28 heavy (non-hydrogen) atoms. The minimum absolute atomic E-state index is 0.199. The van der Waals surface area contributed by atoms with E-state index >= 15 is 0 Å². The van der Waals surface area contributed by atoms with Gasteiger partial charge < -0.3 is 9.47 Å². The fourth-order valence-electron chi connectivity index (χ4n) is 3.32. The highest BCUT2D eigenvalue weighted by molar-refractivity contribution is 8.14. The third kappa shape index (κ3) is 2.73. The molecule has 1 atom stereocenters. The lowest BCUT2D eigenvalue weighted by molar-refractivity contribution is -0.116. The molecule has 1 amide bonds. The Morgan fingerprint density at radius 2 is 2.11 bits per heavy atom. The van der Waals surface area contributed by atoms with Crippen LogP contribution in [0.2, 0.25) is 0 Å². The van der Waals surface area contributed by atoms with Crippen LogP contribution in [0.5, 0.6) is 11.5 Å². The summed E-state index contributed by atoms with van der Waals surface area (Å²) in [5.74, 6) is 1.81. The maximum Gasteiger partial charge on any atom is 0.276 e. The summed E-state index contributed by atoms with van der Waals surface area (Å²) in [4.78, 5) is 17.8. The highest BCUT2D eigenvalue weighted by Gasteiger charge is 2.34. The first kappa shape index (κ1) is 16.9. The summed E-state index contributed by atoms with van der Waals surface area (Å²) in [6, 6.07) is 13.2. The van der Waals surface area contributed by atoms with Crippen LogP contribution in [0.1, 0.15) is 11.7 Å². The van der Waals surface area contributed by atoms with Crippen LogP contribution in [0.4, 0.5) is 0 Å². The van der Waals surface area contributed by atoms with Crippen molar-refractivity contribution >= 4 is 28.5 Å². The molecule has 2 aromatic carbocycles. The zero-order chi connectivity index (χ0) is 19.1. The van der Waals surface area contributed by atoms with Crippen molar-refractivity contribution in [3.8, 4) is 11.5 Å². The predicted octanol–water partition coefficient (Wildman–Crippen LogP) is 1.48. The number of benzene rings is 2. The van der Waals surface area contributed by atoms with Crippen molar-refractivity contribution < 1.29 is 14.3 Å². The lowest BCUT2D eigenvalue weighted by atomic mass is 10.1. The summed E-state index contributed by atoms with van der Waals surface area (Å²) < 4.78 is 10.9. The molecule has 0 spiro atoms. The van der Waals surface area contributed by atoms with Gasteiger partial charge in [0.15, 0.2) is 22.8 Å². The molecule has 140 valence electrons. The number of nitrogens with one attached hydrogen (secondary N) is 1. The molecular weight excluding hydrogens is 376 g/mol. The number of hydrogen-bond acceptors (Lipinski definition) is 7. The number of ether oxygens (including phenoxy) is 2. The Morgan fingerprint density at radius 3 is 3.00 bits per heavy atom. The van der Waals surface area contributed by atoms with Crippen molar-refractivity contribution in [3.63, 3.8) is 0 Å². The molecule has 5 rings (SSSR count). The highest BCUT2D eigenvalue weighted by Crippen LogP contribution is 2.37. The van der Waals surface area contributed by atoms with Gasteiger partial charge in [0.2, 0.25) is 6.79 Å². The molecule has 0 radical (unpaired) electrons. The SMILES string of the molecule is C=CCSC1=NN2C(=c3ccccc3=N[C@H]2c2ccc3c(c2)OCO3)C(=O)N1. The second-order valence-electron chi connectivity index (χ2n) is 6.28. The van der Waals surface area contributed by atoms with E-state index in [1.807, 2.05) is 42.5 Å². The van der Waals surface area contributed by atoms with Crippen LogP contribution in [0.25, 0.3) is 5.70 Å². The molecule has 3 heterocycles. The Kier molecular flexibility index (Phi) is 4.05. The van der Waals surface area contributed by atoms with E-state index in [1.165, 1.54) is 11.8 Å². The van der Waals surface area contributed by atoms with Crippen LogP contribution in [-0.2, 0) is 4.79 Å². The molecule has 0 aromatic heterocycles. The number of hydrogen-bond donors (Lipinski definition) is 1. The maximum atomic E-state index is 12.9. The monoisotopic (exact) mass is 392 g/mol. The van der Waals surface area contributed by atoms with E-state index in [9.17, 15) is 4.79 Å². The number of rotatable bonds is 3. The molecule has 3 aliphatic heterocycles. The number of fused-ring (bicyclic) bond motifs is 3. The summed E-state index contributed by atoms with van der Waals surface area (Å²) in [7, 11) is 0. The summed E-state index contributed by atoms with van der Waals surface area (Å²) >= 11 is 1.41. The predicted molar refractivity (Wildman–Crippen MR) is 106 cm³/mol. The third-order valence-corrected chi connectivity index (χ3v) is 5.41. The van der Waals surface area contributed by atoms with Crippen LogP contribution in [0.3, 0.4) is 0 Å². The second-order valence-corrected chi connectivity index (χ2v) is 7.29. The van der Waals surface area contributed by atoms with E-state index in [0.717, 1.165) is 16.1 Å². The Hall–Kier alpha value is -3.26. The average molecular weight is 392 g/mol.